The molecule has 6 heteroatoms. The highest BCUT2D eigenvalue weighted by Crippen LogP contribution is 2.27. The van der Waals surface area contributed by atoms with Crippen molar-refractivity contribution in [2.45, 2.75) is 10.9 Å². The molecular formula is C13H9BrFN3S. The second-order valence-corrected chi connectivity index (χ2v) is 5.65. The van der Waals surface area contributed by atoms with Crippen molar-refractivity contribution in [3.63, 3.8) is 0 Å². The lowest BCUT2D eigenvalue weighted by molar-refractivity contribution is 0.619. The first kappa shape index (κ1) is 12.6. The Labute approximate surface area is 122 Å². The molecule has 3 nitrogen and oxygen atoms in total. The van der Waals surface area contributed by atoms with Crippen LogP contribution >= 0.6 is 27.7 Å². The lowest BCUT2D eigenvalue weighted by Gasteiger charge is -2.04. The van der Waals surface area contributed by atoms with Gasteiger partial charge in [-0.1, -0.05) is 30.0 Å². The van der Waals surface area contributed by atoms with Crippen LogP contribution in [0.4, 0.5) is 4.39 Å². The highest BCUT2D eigenvalue weighted by molar-refractivity contribution is 9.10. The average Bonchev–Trinajstić information content (AvgIpc) is 2.84. The van der Waals surface area contributed by atoms with E-state index >= 15 is 0 Å². The molecule has 96 valence electrons. The predicted molar refractivity (Wildman–Crippen MR) is 76.6 cm³/mol. The maximum atomic E-state index is 13.4. The second-order valence-electron chi connectivity index (χ2n) is 3.91. The van der Waals surface area contributed by atoms with Gasteiger partial charge in [0.1, 0.15) is 5.82 Å². The van der Waals surface area contributed by atoms with E-state index in [-0.39, 0.29) is 5.82 Å². The van der Waals surface area contributed by atoms with Gasteiger partial charge in [-0.3, -0.25) is 4.40 Å². The van der Waals surface area contributed by atoms with E-state index in [0.29, 0.717) is 10.2 Å². The average molecular weight is 338 g/mol. The van der Waals surface area contributed by atoms with Gasteiger partial charge in [0.25, 0.3) is 0 Å². The Hall–Kier alpha value is -1.40. The van der Waals surface area contributed by atoms with Crippen LogP contribution in [0.2, 0.25) is 0 Å². The van der Waals surface area contributed by atoms with E-state index < -0.39 is 0 Å². The maximum absolute atomic E-state index is 13.4. The lowest BCUT2D eigenvalue weighted by atomic mass is 10.2. The van der Waals surface area contributed by atoms with Gasteiger partial charge in [0.15, 0.2) is 10.8 Å². The molecule has 2 aromatic heterocycles. The summed E-state index contributed by atoms with van der Waals surface area (Å²) >= 11 is 4.79. The summed E-state index contributed by atoms with van der Waals surface area (Å²) in [5, 5.41) is 9.00. The number of hydrogen-bond donors (Lipinski definition) is 0. The molecule has 0 spiro atoms. The predicted octanol–water partition coefficient (Wildman–Crippen LogP) is 3.92. The number of nitrogens with zero attached hydrogens (tertiary/aromatic N) is 3. The van der Waals surface area contributed by atoms with Crippen LogP contribution in [0.25, 0.3) is 5.65 Å². The Bertz CT molecular complexity index is 729. The summed E-state index contributed by atoms with van der Waals surface area (Å²) in [4.78, 5) is 0. The first-order chi connectivity index (χ1) is 9.25. The normalized spacial score (nSPS) is 11.1. The molecular weight excluding hydrogens is 329 g/mol. The molecule has 0 saturated heterocycles. The molecule has 19 heavy (non-hydrogen) atoms. The van der Waals surface area contributed by atoms with Crippen molar-refractivity contribution in [2.75, 3.05) is 0 Å². The van der Waals surface area contributed by atoms with Crippen LogP contribution in [-0.2, 0) is 5.75 Å². The molecule has 0 aliphatic heterocycles. The van der Waals surface area contributed by atoms with E-state index in [0.717, 1.165) is 16.4 Å². The monoisotopic (exact) mass is 337 g/mol. The van der Waals surface area contributed by atoms with Crippen molar-refractivity contribution in [3.05, 3.63) is 58.4 Å². The molecule has 0 saturated carbocycles. The smallest absolute Gasteiger partial charge is 0.195 e. The van der Waals surface area contributed by atoms with E-state index in [1.165, 1.54) is 17.8 Å². The summed E-state index contributed by atoms with van der Waals surface area (Å²) in [6.07, 6.45) is 1.91. The Kier molecular flexibility index (Phi) is 3.52. The number of fused-ring (bicyclic) bond motifs is 1. The van der Waals surface area contributed by atoms with Crippen LogP contribution in [0, 0.1) is 5.82 Å². The van der Waals surface area contributed by atoms with Gasteiger partial charge < -0.3 is 0 Å². The molecule has 0 bridgehead atoms. The zero-order valence-electron chi connectivity index (χ0n) is 9.75. The molecule has 0 aliphatic carbocycles. The zero-order valence-corrected chi connectivity index (χ0v) is 12.2. The highest BCUT2D eigenvalue weighted by Gasteiger charge is 2.09. The molecule has 0 fully saturated rings. The maximum Gasteiger partial charge on any atom is 0.195 e. The minimum atomic E-state index is -0.246. The number of benzene rings is 1. The molecule has 3 rings (SSSR count). The number of halogens is 2. The topological polar surface area (TPSA) is 30.2 Å². The fraction of sp³-hybridized carbons (Fsp3) is 0.0769. The van der Waals surface area contributed by atoms with Gasteiger partial charge in [-0.2, -0.15) is 0 Å². The van der Waals surface area contributed by atoms with Crippen LogP contribution in [0.15, 0.2) is 52.2 Å². The van der Waals surface area contributed by atoms with Gasteiger partial charge in [0, 0.05) is 11.9 Å². The van der Waals surface area contributed by atoms with Gasteiger partial charge in [-0.15, -0.1) is 10.2 Å². The van der Waals surface area contributed by atoms with Gasteiger partial charge in [0.05, 0.1) is 4.47 Å². The molecule has 1 aromatic carbocycles. The number of rotatable bonds is 3. The van der Waals surface area contributed by atoms with Crippen LogP contribution < -0.4 is 0 Å². The number of aromatic nitrogens is 3. The van der Waals surface area contributed by atoms with Crippen LogP contribution in [-0.4, -0.2) is 14.6 Å². The molecule has 2 heterocycles. The van der Waals surface area contributed by atoms with Crippen LogP contribution in [0.1, 0.15) is 5.56 Å². The third-order valence-electron chi connectivity index (χ3n) is 2.67. The minimum absolute atomic E-state index is 0.246. The molecule has 0 atom stereocenters. The second kappa shape index (κ2) is 5.30. The van der Waals surface area contributed by atoms with Crippen molar-refractivity contribution in [2.24, 2.45) is 0 Å². The van der Waals surface area contributed by atoms with E-state index in [1.54, 1.807) is 6.07 Å². The quantitative estimate of drug-likeness (QED) is 0.678. The molecule has 0 amide bonds. The summed E-state index contributed by atoms with van der Waals surface area (Å²) in [5.41, 5.74) is 1.71. The molecule has 3 aromatic rings. The van der Waals surface area contributed by atoms with E-state index in [2.05, 4.69) is 26.1 Å². The fourth-order valence-corrected chi connectivity index (χ4v) is 3.23. The Morgan fingerprint density at radius 3 is 2.95 bits per heavy atom. The first-order valence-corrected chi connectivity index (χ1v) is 7.39. The van der Waals surface area contributed by atoms with E-state index in [1.807, 2.05) is 34.9 Å². The van der Waals surface area contributed by atoms with Crippen molar-refractivity contribution >= 4 is 33.3 Å². The van der Waals surface area contributed by atoms with Crippen LogP contribution in [0.5, 0.6) is 0 Å². The van der Waals surface area contributed by atoms with Gasteiger partial charge in [-0.25, -0.2) is 4.39 Å². The Morgan fingerprint density at radius 1 is 1.16 bits per heavy atom. The van der Waals surface area contributed by atoms with Crippen LogP contribution in [0.3, 0.4) is 0 Å². The molecule has 0 unspecified atom stereocenters. The Morgan fingerprint density at radius 2 is 2.05 bits per heavy atom. The van der Waals surface area contributed by atoms with Crippen molar-refractivity contribution in [1.82, 2.24) is 14.6 Å². The summed E-state index contributed by atoms with van der Waals surface area (Å²) < 4.78 is 15.8. The van der Waals surface area contributed by atoms with Crippen molar-refractivity contribution in [3.8, 4) is 0 Å². The third-order valence-corrected chi connectivity index (χ3v) is 4.55. The molecule has 0 aliphatic rings. The van der Waals surface area contributed by atoms with Gasteiger partial charge in [0.2, 0.25) is 0 Å². The number of thioether (sulfide) groups is 1. The van der Waals surface area contributed by atoms with Gasteiger partial charge in [-0.05, 0) is 39.7 Å². The zero-order chi connectivity index (χ0) is 13.2. The summed E-state index contributed by atoms with van der Waals surface area (Å²) in [5.74, 6) is 0.387. The summed E-state index contributed by atoms with van der Waals surface area (Å²) in [6, 6.07) is 10.8. The molecule has 0 N–H and O–H groups in total. The molecule has 0 radical (unpaired) electrons. The van der Waals surface area contributed by atoms with Crippen molar-refractivity contribution in [1.29, 1.82) is 0 Å². The largest absolute Gasteiger partial charge is 0.277 e. The first-order valence-electron chi connectivity index (χ1n) is 5.61. The standard InChI is InChI=1S/C13H9BrFN3S/c14-12-9(4-3-5-10(12)15)8-19-13-17-16-11-6-1-2-7-18(11)13/h1-7H,8H2. The number of pyridine rings is 1. The van der Waals surface area contributed by atoms with E-state index in [9.17, 15) is 4.39 Å². The lowest BCUT2D eigenvalue weighted by Crippen LogP contribution is -1.90. The minimum Gasteiger partial charge on any atom is -0.277 e. The third kappa shape index (κ3) is 2.50. The van der Waals surface area contributed by atoms with Crippen molar-refractivity contribution < 1.29 is 4.39 Å². The summed E-state index contributed by atoms with van der Waals surface area (Å²) in [7, 11) is 0. The Balaban J connectivity index is 1.84. The van der Waals surface area contributed by atoms with E-state index in [4.69, 9.17) is 0 Å². The number of hydrogen-bond acceptors (Lipinski definition) is 3. The highest BCUT2D eigenvalue weighted by atomic mass is 79.9. The SMILES string of the molecule is Fc1cccc(CSc2nnc3ccccn23)c1Br. The summed E-state index contributed by atoms with van der Waals surface area (Å²) in [6.45, 7) is 0. The van der Waals surface area contributed by atoms with Gasteiger partial charge >= 0.3 is 0 Å². The fourth-order valence-electron chi connectivity index (χ4n) is 1.72.